The van der Waals surface area contributed by atoms with Gasteiger partial charge in [0.15, 0.2) is 0 Å². The Labute approximate surface area is 121 Å². The largest absolute Gasteiger partial charge is 0.310 e. The lowest BCUT2D eigenvalue weighted by Gasteiger charge is -2.33. The van der Waals surface area contributed by atoms with Gasteiger partial charge in [-0.1, -0.05) is 12.1 Å². The molecular weight excluding hydrogens is 251 g/mol. The van der Waals surface area contributed by atoms with Crippen LogP contribution >= 0.6 is 0 Å². The SMILES string of the molecule is Cc1cc(CN2CCCC(NC3CC3)C2)cc(C)c1F. The molecule has 2 nitrogen and oxygen atoms in total. The fourth-order valence-electron chi connectivity index (χ4n) is 3.30. The number of likely N-dealkylation sites (tertiary alicyclic amines) is 1. The van der Waals surface area contributed by atoms with E-state index in [4.69, 9.17) is 0 Å². The van der Waals surface area contributed by atoms with Crippen LogP contribution in [0.5, 0.6) is 0 Å². The topological polar surface area (TPSA) is 15.3 Å². The molecule has 0 radical (unpaired) electrons. The second-order valence-corrected chi connectivity index (χ2v) is 6.56. The molecule has 2 aliphatic rings. The van der Waals surface area contributed by atoms with Crippen molar-refractivity contribution >= 4 is 0 Å². The summed E-state index contributed by atoms with van der Waals surface area (Å²) in [5, 5.41) is 3.74. The van der Waals surface area contributed by atoms with E-state index in [-0.39, 0.29) is 5.82 Å². The lowest BCUT2D eigenvalue weighted by molar-refractivity contribution is 0.182. The molecular formula is C17H25FN2. The normalized spacial score (nSPS) is 24.1. The molecule has 1 saturated carbocycles. The lowest BCUT2D eigenvalue weighted by atomic mass is 10.0. The first-order valence-electron chi connectivity index (χ1n) is 7.86. The van der Waals surface area contributed by atoms with Crippen LogP contribution in [0.1, 0.15) is 42.4 Å². The van der Waals surface area contributed by atoms with Crippen LogP contribution in [0.4, 0.5) is 4.39 Å². The maximum Gasteiger partial charge on any atom is 0.129 e. The van der Waals surface area contributed by atoms with E-state index in [1.807, 2.05) is 26.0 Å². The van der Waals surface area contributed by atoms with Crippen LogP contribution in [-0.4, -0.2) is 30.1 Å². The van der Waals surface area contributed by atoms with Crippen LogP contribution in [-0.2, 0) is 6.54 Å². The van der Waals surface area contributed by atoms with E-state index in [1.165, 1.54) is 31.2 Å². The summed E-state index contributed by atoms with van der Waals surface area (Å²) in [4.78, 5) is 2.51. The third-order valence-electron chi connectivity index (χ3n) is 4.46. The first kappa shape index (κ1) is 14.0. The van der Waals surface area contributed by atoms with Gasteiger partial charge in [0.25, 0.3) is 0 Å². The summed E-state index contributed by atoms with van der Waals surface area (Å²) in [7, 11) is 0. The molecule has 0 aromatic heterocycles. The Bertz CT molecular complexity index is 459. The van der Waals surface area contributed by atoms with Crippen LogP contribution in [0, 0.1) is 19.7 Å². The van der Waals surface area contributed by atoms with Gasteiger partial charge < -0.3 is 5.32 Å². The summed E-state index contributed by atoms with van der Waals surface area (Å²) >= 11 is 0. The predicted molar refractivity (Wildman–Crippen MR) is 80.3 cm³/mol. The lowest BCUT2D eigenvalue weighted by Crippen LogP contribution is -2.46. The van der Waals surface area contributed by atoms with Crippen LogP contribution in [0.25, 0.3) is 0 Å². The number of hydrogen-bond donors (Lipinski definition) is 1. The average Bonchev–Trinajstić information content (AvgIpc) is 3.20. The molecule has 110 valence electrons. The fraction of sp³-hybridized carbons (Fsp3) is 0.647. The van der Waals surface area contributed by atoms with Crippen molar-refractivity contribution in [2.45, 2.75) is 58.2 Å². The maximum atomic E-state index is 13.7. The Hall–Kier alpha value is -0.930. The molecule has 20 heavy (non-hydrogen) atoms. The van der Waals surface area contributed by atoms with Gasteiger partial charge in [-0.2, -0.15) is 0 Å². The molecule has 1 unspecified atom stereocenters. The van der Waals surface area contributed by atoms with Gasteiger partial charge in [-0.15, -0.1) is 0 Å². The number of halogens is 1. The van der Waals surface area contributed by atoms with Gasteiger partial charge in [-0.05, 0) is 62.8 Å². The van der Waals surface area contributed by atoms with Gasteiger partial charge in [0, 0.05) is 25.2 Å². The molecule has 0 spiro atoms. The number of rotatable bonds is 4. The molecule has 1 aliphatic carbocycles. The van der Waals surface area contributed by atoms with Crippen molar-refractivity contribution in [3.05, 3.63) is 34.6 Å². The summed E-state index contributed by atoms with van der Waals surface area (Å²) in [6.07, 6.45) is 5.28. The number of nitrogens with zero attached hydrogens (tertiary/aromatic N) is 1. The third-order valence-corrected chi connectivity index (χ3v) is 4.46. The standard InChI is InChI=1S/C17H25FN2/c1-12-8-14(9-13(2)17(12)18)10-20-7-3-4-16(11-20)19-15-5-6-15/h8-9,15-16,19H,3-7,10-11H2,1-2H3. The summed E-state index contributed by atoms with van der Waals surface area (Å²) in [6, 6.07) is 5.44. The van der Waals surface area contributed by atoms with Crippen LogP contribution < -0.4 is 5.32 Å². The fourth-order valence-corrected chi connectivity index (χ4v) is 3.30. The molecule has 1 saturated heterocycles. The Kier molecular flexibility index (Phi) is 4.08. The molecule has 1 heterocycles. The molecule has 0 amide bonds. The monoisotopic (exact) mass is 276 g/mol. The average molecular weight is 276 g/mol. The number of nitrogens with one attached hydrogen (secondary N) is 1. The number of benzene rings is 1. The van der Waals surface area contributed by atoms with Gasteiger partial charge in [0.2, 0.25) is 0 Å². The Morgan fingerprint density at radius 3 is 2.50 bits per heavy atom. The molecule has 3 rings (SSSR count). The summed E-state index contributed by atoms with van der Waals surface area (Å²) in [6.45, 7) is 6.97. The molecule has 1 atom stereocenters. The van der Waals surface area contributed by atoms with E-state index in [9.17, 15) is 4.39 Å². The van der Waals surface area contributed by atoms with Crippen molar-refractivity contribution in [1.29, 1.82) is 0 Å². The number of piperidine rings is 1. The molecule has 1 aromatic rings. The molecule has 0 bridgehead atoms. The van der Waals surface area contributed by atoms with Crippen LogP contribution in [0.15, 0.2) is 12.1 Å². The van der Waals surface area contributed by atoms with Crippen molar-refractivity contribution in [2.24, 2.45) is 0 Å². The predicted octanol–water partition coefficient (Wildman–Crippen LogP) is 3.16. The Morgan fingerprint density at radius 2 is 1.85 bits per heavy atom. The quantitative estimate of drug-likeness (QED) is 0.909. The summed E-state index contributed by atoms with van der Waals surface area (Å²) in [5.41, 5.74) is 2.78. The van der Waals surface area contributed by atoms with Gasteiger partial charge in [0.1, 0.15) is 5.82 Å². The zero-order chi connectivity index (χ0) is 14.1. The minimum absolute atomic E-state index is 0.0549. The van der Waals surface area contributed by atoms with E-state index in [2.05, 4.69) is 10.2 Å². The van der Waals surface area contributed by atoms with E-state index >= 15 is 0 Å². The minimum Gasteiger partial charge on any atom is -0.310 e. The van der Waals surface area contributed by atoms with Gasteiger partial charge in [-0.25, -0.2) is 4.39 Å². The molecule has 1 aliphatic heterocycles. The summed E-state index contributed by atoms with van der Waals surface area (Å²) < 4.78 is 13.7. The zero-order valence-electron chi connectivity index (χ0n) is 12.6. The highest BCUT2D eigenvalue weighted by molar-refractivity contribution is 5.30. The van der Waals surface area contributed by atoms with Crippen molar-refractivity contribution in [1.82, 2.24) is 10.2 Å². The molecule has 1 N–H and O–H groups in total. The first-order chi connectivity index (χ1) is 9.61. The van der Waals surface area contributed by atoms with Gasteiger partial charge >= 0.3 is 0 Å². The van der Waals surface area contributed by atoms with Crippen molar-refractivity contribution in [3.63, 3.8) is 0 Å². The van der Waals surface area contributed by atoms with E-state index < -0.39 is 0 Å². The Morgan fingerprint density at radius 1 is 1.15 bits per heavy atom. The highest BCUT2D eigenvalue weighted by atomic mass is 19.1. The minimum atomic E-state index is -0.0549. The molecule has 2 fully saturated rings. The summed E-state index contributed by atoms with van der Waals surface area (Å²) in [5.74, 6) is -0.0549. The van der Waals surface area contributed by atoms with E-state index in [0.717, 1.165) is 36.8 Å². The second-order valence-electron chi connectivity index (χ2n) is 6.56. The molecule has 3 heteroatoms. The van der Waals surface area contributed by atoms with Crippen molar-refractivity contribution in [3.8, 4) is 0 Å². The van der Waals surface area contributed by atoms with Crippen LogP contribution in [0.3, 0.4) is 0 Å². The molecule has 1 aromatic carbocycles. The van der Waals surface area contributed by atoms with E-state index in [0.29, 0.717) is 6.04 Å². The van der Waals surface area contributed by atoms with E-state index in [1.54, 1.807) is 0 Å². The van der Waals surface area contributed by atoms with Gasteiger partial charge in [-0.3, -0.25) is 4.90 Å². The Balaban J connectivity index is 1.61. The third kappa shape index (κ3) is 3.39. The van der Waals surface area contributed by atoms with Crippen molar-refractivity contribution in [2.75, 3.05) is 13.1 Å². The smallest absolute Gasteiger partial charge is 0.129 e. The number of aryl methyl sites for hydroxylation is 2. The highest BCUT2D eigenvalue weighted by Crippen LogP contribution is 2.23. The highest BCUT2D eigenvalue weighted by Gasteiger charge is 2.27. The van der Waals surface area contributed by atoms with Crippen molar-refractivity contribution < 1.29 is 4.39 Å². The second kappa shape index (κ2) is 5.82. The van der Waals surface area contributed by atoms with Crippen LogP contribution in [0.2, 0.25) is 0 Å². The maximum absolute atomic E-state index is 13.7. The zero-order valence-corrected chi connectivity index (χ0v) is 12.6. The first-order valence-corrected chi connectivity index (χ1v) is 7.86. The number of hydrogen-bond acceptors (Lipinski definition) is 2. The van der Waals surface area contributed by atoms with Gasteiger partial charge in [0.05, 0.1) is 0 Å².